The van der Waals surface area contributed by atoms with Crippen LogP contribution in [0.3, 0.4) is 0 Å². The number of likely N-dealkylation sites (tertiary alicyclic amines) is 1. The van der Waals surface area contributed by atoms with E-state index < -0.39 is 0 Å². The maximum Gasteiger partial charge on any atom is 0.256 e. The molecule has 0 bridgehead atoms. The van der Waals surface area contributed by atoms with Gasteiger partial charge in [-0.3, -0.25) is 9.59 Å². The van der Waals surface area contributed by atoms with Crippen LogP contribution in [0.15, 0.2) is 16.7 Å². The summed E-state index contributed by atoms with van der Waals surface area (Å²) in [5, 5.41) is 6.89. The van der Waals surface area contributed by atoms with Crippen molar-refractivity contribution in [1.29, 1.82) is 0 Å². The van der Waals surface area contributed by atoms with Gasteiger partial charge < -0.3 is 24.2 Å². The maximum atomic E-state index is 13.2. The van der Waals surface area contributed by atoms with E-state index in [2.05, 4.69) is 15.5 Å². The predicted molar refractivity (Wildman–Crippen MR) is 124 cm³/mol. The molecule has 0 unspecified atom stereocenters. The van der Waals surface area contributed by atoms with Crippen molar-refractivity contribution >= 4 is 17.5 Å². The minimum absolute atomic E-state index is 0.119. The van der Waals surface area contributed by atoms with Gasteiger partial charge in [0.05, 0.1) is 25.5 Å². The first-order chi connectivity index (χ1) is 15.7. The molecule has 1 N–H and O–H groups in total. The Morgan fingerprint density at radius 1 is 1.09 bits per heavy atom. The van der Waals surface area contributed by atoms with Crippen molar-refractivity contribution < 1.29 is 23.6 Å². The molecule has 9 heteroatoms. The number of ether oxygens (including phenoxy) is 2. The fourth-order valence-corrected chi connectivity index (χ4v) is 3.70. The molecule has 3 rings (SSSR count). The molecule has 1 saturated heterocycles. The fraction of sp³-hybridized carbons (Fsp3) is 0.583. The van der Waals surface area contributed by atoms with Crippen LogP contribution in [-0.4, -0.2) is 54.2 Å². The minimum Gasteiger partial charge on any atom is -0.493 e. The average molecular weight is 459 g/mol. The van der Waals surface area contributed by atoms with Crippen LogP contribution < -0.4 is 14.8 Å². The van der Waals surface area contributed by atoms with Crippen LogP contribution in [0.4, 0.5) is 5.69 Å². The van der Waals surface area contributed by atoms with Crippen molar-refractivity contribution in [2.75, 3.05) is 32.6 Å². The fourth-order valence-electron chi connectivity index (χ4n) is 3.70. The number of piperidine rings is 1. The van der Waals surface area contributed by atoms with Crippen LogP contribution in [0.5, 0.6) is 11.5 Å². The lowest BCUT2D eigenvalue weighted by Gasteiger charge is -2.28. The number of anilines is 1. The molecule has 9 nitrogen and oxygen atoms in total. The molecule has 0 spiro atoms. The second-order valence-electron chi connectivity index (χ2n) is 9.27. The van der Waals surface area contributed by atoms with Gasteiger partial charge in [0.2, 0.25) is 11.8 Å². The second-order valence-corrected chi connectivity index (χ2v) is 9.27. The van der Waals surface area contributed by atoms with Crippen molar-refractivity contribution in [3.63, 3.8) is 0 Å². The number of methoxy groups -OCH3 is 2. The molecule has 0 atom stereocenters. The molecule has 2 heterocycles. The third-order valence-electron chi connectivity index (χ3n) is 5.60. The van der Waals surface area contributed by atoms with E-state index in [4.69, 9.17) is 14.0 Å². The Kier molecular flexibility index (Phi) is 7.94. The molecule has 1 aliphatic heterocycles. The predicted octanol–water partition coefficient (Wildman–Crippen LogP) is 3.97. The summed E-state index contributed by atoms with van der Waals surface area (Å²) in [6.07, 6.45) is 4.37. The maximum absolute atomic E-state index is 13.2. The van der Waals surface area contributed by atoms with Crippen molar-refractivity contribution in [2.24, 2.45) is 0 Å². The summed E-state index contributed by atoms with van der Waals surface area (Å²) in [7, 11) is 3.04. The lowest BCUT2D eigenvalue weighted by atomic mass is 9.96. The number of aromatic nitrogens is 2. The first-order valence-electron chi connectivity index (χ1n) is 11.4. The molecule has 1 aliphatic rings. The Labute approximate surface area is 194 Å². The summed E-state index contributed by atoms with van der Waals surface area (Å²) in [5.74, 6) is 1.73. The van der Waals surface area contributed by atoms with E-state index >= 15 is 0 Å². The smallest absolute Gasteiger partial charge is 0.256 e. The number of nitrogens with one attached hydrogen (secondary N) is 1. The lowest BCUT2D eigenvalue weighted by molar-refractivity contribution is -0.116. The van der Waals surface area contributed by atoms with Gasteiger partial charge in [-0.05, 0) is 31.7 Å². The Hall–Kier alpha value is -3.10. The zero-order chi connectivity index (χ0) is 24.0. The number of rotatable bonds is 8. The molecule has 2 amide bonds. The minimum atomic E-state index is -0.203. The molecular formula is C24H34N4O5. The zero-order valence-electron chi connectivity index (χ0n) is 20.2. The Morgan fingerprint density at radius 3 is 2.36 bits per heavy atom. The molecule has 33 heavy (non-hydrogen) atoms. The van der Waals surface area contributed by atoms with Gasteiger partial charge in [0, 0.05) is 37.4 Å². The van der Waals surface area contributed by atoms with Gasteiger partial charge in [0.1, 0.15) is 0 Å². The normalized spacial score (nSPS) is 14.2. The van der Waals surface area contributed by atoms with Crippen LogP contribution in [0.2, 0.25) is 0 Å². The van der Waals surface area contributed by atoms with Crippen molar-refractivity contribution in [3.05, 3.63) is 29.4 Å². The van der Waals surface area contributed by atoms with Crippen molar-refractivity contribution in [1.82, 2.24) is 15.0 Å². The molecule has 180 valence electrons. The van der Waals surface area contributed by atoms with E-state index in [-0.39, 0.29) is 23.7 Å². The molecule has 2 aromatic rings. The van der Waals surface area contributed by atoms with Crippen molar-refractivity contribution in [2.45, 2.75) is 64.7 Å². The molecule has 1 fully saturated rings. The largest absolute Gasteiger partial charge is 0.493 e. The van der Waals surface area contributed by atoms with Gasteiger partial charge in [-0.1, -0.05) is 25.9 Å². The van der Waals surface area contributed by atoms with E-state index in [9.17, 15) is 9.59 Å². The summed E-state index contributed by atoms with van der Waals surface area (Å²) in [6.45, 7) is 7.46. The highest BCUT2D eigenvalue weighted by atomic mass is 16.5. The number of carbonyl (C=O) groups is 2. The van der Waals surface area contributed by atoms with Crippen LogP contribution in [0, 0.1) is 0 Å². The third-order valence-corrected chi connectivity index (χ3v) is 5.60. The van der Waals surface area contributed by atoms with Gasteiger partial charge in [-0.2, -0.15) is 4.98 Å². The van der Waals surface area contributed by atoms with Crippen molar-refractivity contribution in [3.8, 4) is 11.5 Å². The highest BCUT2D eigenvalue weighted by Crippen LogP contribution is 2.34. The summed E-state index contributed by atoms with van der Waals surface area (Å²) in [5.41, 5.74) is 0.625. The van der Waals surface area contributed by atoms with Crippen LogP contribution in [0.1, 0.15) is 74.9 Å². The third kappa shape index (κ3) is 6.24. The highest BCUT2D eigenvalue weighted by molar-refractivity contribution is 6.04. The number of nitrogens with zero attached hydrogens (tertiary/aromatic N) is 3. The average Bonchev–Trinajstić information content (AvgIpc) is 3.28. The van der Waals surface area contributed by atoms with E-state index in [0.717, 1.165) is 19.3 Å². The number of aryl methyl sites for hydroxylation is 1. The summed E-state index contributed by atoms with van der Waals surface area (Å²) in [6, 6.07) is 3.28. The number of benzene rings is 1. The molecular weight excluding hydrogens is 424 g/mol. The lowest BCUT2D eigenvalue weighted by Crippen LogP contribution is -2.36. The van der Waals surface area contributed by atoms with Gasteiger partial charge >= 0.3 is 0 Å². The SMILES string of the molecule is COc1cc(NC(=O)CCCc2nc(C(C)(C)C)no2)c(C(=O)N2CCCCC2)cc1OC. The molecule has 1 aromatic carbocycles. The second kappa shape index (κ2) is 10.7. The van der Waals surface area contributed by atoms with E-state index in [1.165, 1.54) is 14.2 Å². The summed E-state index contributed by atoms with van der Waals surface area (Å²) < 4.78 is 16.1. The van der Waals surface area contributed by atoms with Gasteiger partial charge in [0.15, 0.2) is 17.3 Å². The van der Waals surface area contributed by atoms with E-state index in [1.54, 1.807) is 12.1 Å². The first-order valence-corrected chi connectivity index (χ1v) is 11.4. The highest BCUT2D eigenvalue weighted by Gasteiger charge is 2.24. The van der Waals surface area contributed by atoms with Gasteiger partial charge in [0.25, 0.3) is 5.91 Å². The quantitative estimate of drug-likeness (QED) is 0.638. The topological polar surface area (TPSA) is 107 Å². The van der Waals surface area contributed by atoms with Crippen LogP contribution >= 0.6 is 0 Å². The molecule has 0 aliphatic carbocycles. The summed E-state index contributed by atoms with van der Waals surface area (Å²) >= 11 is 0. The number of amides is 2. The number of hydrogen-bond donors (Lipinski definition) is 1. The number of carbonyl (C=O) groups excluding carboxylic acids is 2. The van der Waals surface area contributed by atoms with E-state index in [1.807, 2.05) is 25.7 Å². The first kappa shape index (κ1) is 24.5. The molecule has 0 radical (unpaired) electrons. The summed E-state index contributed by atoms with van der Waals surface area (Å²) in [4.78, 5) is 32.1. The Morgan fingerprint density at radius 2 is 1.76 bits per heavy atom. The Bertz CT molecular complexity index is 974. The van der Waals surface area contributed by atoms with Gasteiger partial charge in [-0.15, -0.1) is 0 Å². The van der Waals surface area contributed by atoms with E-state index in [0.29, 0.717) is 60.4 Å². The Balaban J connectivity index is 1.69. The number of hydrogen-bond acceptors (Lipinski definition) is 7. The monoisotopic (exact) mass is 458 g/mol. The zero-order valence-corrected chi connectivity index (χ0v) is 20.2. The van der Waals surface area contributed by atoms with Crippen LogP contribution in [-0.2, 0) is 16.6 Å². The van der Waals surface area contributed by atoms with Gasteiger partial charge in [-0.25, -0.2) is 0 Å². The molecule has 0 saturated carbocycles. The standard InChI is InChI=1S/C24H34N4O5/c1-24(2,3)23-26-21(33-27-23)11-9-10-20(29)25-17-15-19(32-5)18(31-4)14-16(17)22(30)28-12-7-6-8-13-28/h14-15H,6-13H2,1-5H3,(H,25,29). The van der Waals surface area contributed by atoms with Crippen LogP contribution in [0.25, 0.3) is 0 Å². The molecule has 1 aromatic heterocycles.